The molecule has 1 aromatic carbocycles. The van der Waals surface area contributed by atoms with Gasteiger partial charge in [-0.15, -0.1) is 11.3 Å². The minimum Gasteiger partial charge on any atom is -0.333 e. The molecule has 0 bridgehead atoms. The Bertz CT molecular complexity index is 887. The van der Waals surface area contributed by atoms with Crippen LogP contribution in [0.1, 0.15) is 60.2 Å². The van der Waals surface area contributed by atoms with E-state index < -0.39 is 0 Å². The van der Waals surface area contributed by atoms with Crippen LogP contribution in [0.2, 0.25) is 0 Å². The first-order valence-electron chi connectivity index (χ1n) is 10.8. The predicted molar refractivity (Wildman–Crippen MR) is 117 cm³/mol. The van der Waals surface area contributed by atoms with Gasteiger partial charge < -0.3 is 9.80 Å². The molecular formula is C24H30N2O2S. The Morgan fingerprint density at radius 3 is 2.69 bits per heavy atom. The van der Waals surface area contributed by atoms with Gasteiger partial charge in [0.2, 0.25) is 11.8 Å². The van der Waals surface area contributed by atoms with E-state index >= 15 is 0 Å². The Morgan fingerprint density at radius 1 is 1.17 bits per heavy atom. The molecule has 4 rings (SSSR count). The maximum absolute atomic E-state index is 13.5. The first kappa shape index (κ1) is 20.1. The lowest BCUT2D eigenvalue weighted by Crippen LogP contribution is -2.47. The van der Waals surface area contributed by atoms with Crippen LogP contribution in [0.4, 0.5) is 0 Å². The molecule has 29 heavy (non-hydrogen) atoms. The predicted octanol–water partition coefficient (Wildman–Crippen LogP) is 4.57. The first-order valence-corrected chi connectivity index (χ1v) is 11.7. The highest BCUT2D eigenvalue weighted by atomic mass is 32.1. The number of carbonyl (C=O) groups is 2. The second-order valence-electron chi connectivity index (χ2n) is 8.28. The van der Waals surface area contributed by atoms with E-state index in [4.69, 9.17) is 0 Å². The van der Waals surface area contributed by atoms with Crippen LogP contribution in [0.25, 0.3) is 0 Å². The Balaban J connectivity index is 1.60. The van der Waals surface area contributed by atoms with Crippen molar-refractivity contribution >= 4 is 23.2 Å². The molecule has 0 saturated heterocycles. The molecule has 0 radical (unpaired) electrons. The summed E-state index contributed by atoms with van der Waals surface area (Å²) in [5.74, 6) is 0.393. The minimum atomic E-state index is -0.0530. The molecule has 0 spiro atoms. The van der Waals surface area contributed by atoms with Crippen LogP contribution in [0.5, 0.6) is 0 Å². The highest BCUT2D eigenvalue weighted by Crippen LogP contribution is 2.39. The van der Waals surface area contributed by atoms with E-state index in [0.717, 1.165) is 32.1 Å². The molecule has 1 fully saturated rings. The van der Waals surface area contributed by atoms with Crippen LogP contribution in [0.3, 0.4) is 0 Å². The molecule has 1 atom stereocenters. The van der Waals surface area contributed by atoms with Crippen molar-refractivity contribution in [2.45, 2.75) is 52.0 Å². The summed E-state index contributed by atoms with van der Waals surface area (Å²) in [4.78, 5) is 31.4. The fourth-order valence-electron chi connectivity index (χ4n) is 4.27. The summed E-state index contributed by atoms with van der Waals surface area (Å²) < 4.78 is 0. The van der Waals surface area contributed by atoms with Crippen LogP contribution in [-0.4, -0.2) is 41.2 Å². The monoisotopic (exact) mass is 410 g/mol. The molecule has 0 N–H and O–H groups in total. The number of rotatable bonds is 7. The molecule has 154 valence electrons. The van der Waals surface area contributed by atoms with Gasteiger partial charge >= 0.3 is 0 Å². The number of amides is 2. The smallest absolute Gasteiger partial charge is 0.242 e. The van der Waals surface area contributed by atoms with Crippen LogP contribution in [0, 0.1) is 12.8 Å². The lowest BCUT2D eigenvalue weighted by molar-refractivity contribution is -0.142. The van der Waals surface area contributed by atoms with Crippen molar-refractivity contribution in [3.8, 4) is 0 Å². The number of thiophene rings is 1. The van der Waals surface area contributed by atoms with Gasteiger partial charge in [-0.1, -0.05) is 37.6 Å². The SMILES string of the molecule is CCCCN(CC(=O)N1CCc2sccc2[C@H]1c1ccccc1C)C(=O)C1CC1. The van der Waals surface area contributed by atoms with Gasteiger partial charge in [0.15, 0.2) is 0 Å². The van der Waals surface area contributed by atoms with Gasteiger partial charge in [-0.2, -0.15) is 0 Å². The normalized spacial score (nSPS) is 18.4. The molecule has 2 heterocycles. The topological polar surface area (TPSA) is 40.6 Å². The third-order valence-electron chi connectivity index (χ3n) is 6.12. The quantitative estimate of drug-likeness (QED) is 0.671. The Morgan fingerprint density at radius 2 is 1.97 bits per heavy atom. The molecule has 1 aromatic heterocycles. The van der Waals surface area contributed by atoms with Gasteiger partial charge in [-0.3, -0.25) is 9.59 Å². The fraction of sp³-hybridized carbons (Fsp3) is 0.500. The van der Waals surface area contributed by atoms with E-state index in [-0.39, 0.29) is 30.3 Å². The standard InChI is InChI=1S/C24H30N2O2S/c1-3-4-13-25(24(28)18-9-10-18)16-22(27)26-14-11-21-20(12-15-29-21)23(26)19-8-6-5-7-17(19)2/h5-8,12,15,18,23H,3-4,9-11,13-14,16H2,1-2H3/t23-/m1/s1. The molecule has 4 nitrogen and oxygen atoms in total. The van der Waals surface area contributed by atoms with E-state index in [9.17, 15) is 9.59 Å². The maximum atomic E-state index is 13.5. The largest absolute Gasteiger partial charge is 0.333 e. The molecule has 5 heteroatoms. The van der Waals surface area contributed by atoms with Crippen LogP contribution >= 0.6 is 11.3 Å². The molecule has 1 saturated carbocycles. The fourth-order valence-corrected chi connectivity index (χ4v) is 5.18. The molecule has 2 amide bonds. The van der Waals surface area contributed by atoms with Gasteiger partial charge in [-0.05, 0) is 60.7 Å². The van der Waals surface area contributed by atoms with Crippen molar-refractivity contribution in [1.29, 1.82) is 0 Å². The molecule has 0 unspecified atom stereocenters. The van der Waals surface area contributed by atoms with Gasteiger partial charge in [0, 0.05) is 23.9 Å². The van der Waals surface area contributed by atoms with Crippen molar-refractivity contribution in [1.82, 2.24) is 9.80 Å². The second kappa shape index (κ2) is 8.70. The number of benzene rings is 1. The minimum absolute atomic E-state index is 0.0530. The van der Waals surface area contributed by atoms with E-state index in [1.54, 1.807) is 11.3 Å². The summed E-state index contributed by atoms with van der Waals surface area (Å²) in [5, 5.41) is 2.13. The van der Waals surface area contributed by atoms with Gasteiger partial charge in [-0.25, -0.2) is 0 Å². The Kier molecular flexibility index (Phi) is 6.04. The van der Waals surface area contributed by atoms with Crippen LogP contribution in [0.15, 0.2) is 35.7 Å². The lowest BCUT2D eigenvalue weighted by Gasteiger charge is -2.38. The number of fused-ring (bicyclic) bond motifs is 1. The van der Waals surface area contributed by atoms with Gasteiger partial charge in [0.05, 0.1) is 12.6 Å². The highest BCUT2D eigenvalue weighted by molar-refractivity contribution is 7.10. The van der Waals surface area contributed by atoms with E-state index in [1.165, 1.54) is 21.6 Å². The summed E-state index contributed by atoms with van der Waals surface area (Å²) in [6, 6.07) is 10.5. The highest BCUT2D eigenvalue weighted by Gasteiger charge is 2.37. The molecule has 1 aliphatic heterocycles. The van der Waals surface area contributed by atoms with Gasteiger partial charge in [0.1, 0.15) is 0 Å². The zero-order valence-electron chi connectivity index (χ0n) is 17.4. The number of carbonyl (C=O) groups excluding carboxylic acids is 2. The zero-order valence-corrected chi connectivity index (χ0v) is 18.2. The summed E-state index contributed by atoms with van der Waals surface area (Å²) in [7, 11) is 0. The average molecular weight is 411 g/mol. The van der Waals surface area contributed by atoms with Crippen molar-refractivity contribution in [3.63, 3.8) is 0 Å². The molecule has 2 aliphatic rings. The van der Waals surface area contributed by atoms with E-state index in [2.05, 4.69) is 43.5 Å². The third-order valence-corrected chi connectivity index (χ3v) is 7.11. The molecule has 2 aromatic rings. The first-order chi connectivity index (χ1) is 14.1. The number of hydrogen-bond donors (Lipinski definition) is 0. The molecular weight excluding hydrogens is 380 g/mol. The number of nitrogens with zero attached hydrogens (tertiary/aromatic N) is 2. The maximum Gasteiger partial charge on any atom is 0.242 e. The van der Waals surface area contributed by atoms with Crippen molar-refractivity contribution < 1.29 is 9.59 Å². The lowest BCUT2D eigenvalue weighted by atomic mass is 9.90. The summed E-state index contributed by atoms with van der Waals surface area (Å²) >= 11 is 1.78. The van der Waals surface area contributed by atoms with Gasteiger partial charge in [0.25, 0.3) is 0 Å². The average Bonchev–Trinajstić information content (AvgIpc) is 3.47. The second-order valence-corrected chi connectivity index (χ2v) is 9.28. The third kappa shape index (κ3) is 4.25. The number of hydrogen-bond acceptors (Lipinski definition) is 3. The van der Waals surface area contributed by atoms with Crippen molar-refractivity contribution in [2.75, 3.05) is 19.6 Å². The Hall–Kier alpha value is -2.14. The number of aryl methyl sites for hydroxylation is 1. The number of unbranched alkanes of at least 4 members (excludes halogenated alkanes) is 1. The van der Waals surface area contributed by atoms with Crippen molar-refractivity contribution in [3.05, 3.63) is 57.3 Å². The summed E-state index contributed by atoms with van der Waals surface area (Å²) in [6.07, 6.45) is 4.82. The van der Waals surface area contributed by atoms with E-state index in [1.807, 2.05) is 15.9 Å². The summed E-state index contributed by atoms with van der Waals surface area (Å²) in [6.45, 7) is 5.84. The molecule has 1 aliphatic carbocycles. The van der Waals surface area contributed by atoms with Crippen molar-refractivity contribution in [2.24, 2.45) is 5.92 Å². The van der Waals surface area contributed by atoms with Crippen LogP contribution < -0.4 is 0 Å². The summed E-state index contributed by atoms with van der Waals surface area (Å²) in [5.41, 5.74) is 3.64. The zero-order chi connectivity index (χ0) is 20.4. The Labute approximate surface area is 177 Å². The van der Waals surface area contributed by atoms with Crippen LogP contribution in [-0.2, 0) is 16.0 Å². The van der Waals surface area contributed by atoms with E-state index in [0.29, 0.717) is 13.1 Å².